The van der Waals surface area contributed by atoms with Crippen molar-refractivity contribution in [3.63, 3.8) is 0 Å². The lowest BCUT2D eigenvalue weighted by Gasteiger charge is -2.39. The summed E-state index contributed by atoms with van der Waals surface area (Å²) in [6, 6.07) is 16.8. The number of carbonyl (C=O) groups excluding carboxylic acids is 1. The van der Waals surface area contributed by atoms with Gasteiger partial charge in [-0.15, -0.1) is 0 Å². The molecule has 4 nitrogen and oxygen atoms in total. The zero-order valence-corrected chi connectivity index (χ0v) is 23.1. The first-order chi connectivity index (χ1) is 18.4. The van der Waals surface area contributed by atoms with Gasteiger partial charge in [-0.25, -0.2) is 9.18 Å². The number of nitrogens with zero attached hydrogens (tertiary/aromatic N) is 1. The maximum atomic E-state index is 15.2. The number of nitrogens with one attached hydrogen (secondary N) is 1. The number of ether oxygens (including phenoxy) is 1. The predicted octanol–water partition coefficient (Wildman–Crippen LogP) is 6.25. The summed E-state index contributed by atoms with van der Waals surface area (Å²) in [5, 5.41) is 3.29. The van der Waals surface area contributed by atoms with Crippen LogP contribution in [0.4, 0.5) is 4.39 Å². The number of methoxy groups -OCH3 is 1. The molecule has 2 aromatic carbocycles. The minimum atomic E-state index is -0.999. The zero-order valence-electron chi connectivity index (χ0n) is 23.1. The normalized spacial score (nSPS) is 22.6. The molecule has 0 radical (unpaired) electrons. The Labute approximate surface area is 227 Å². The molecule has 1 aliphatic carbocycles. The lowest BCUT2D eigenvalue weighted by Crippen LogP contribution is -2.48. The fourth-order valence-electron chi connectivity index (χ4n) is 6.94. The molecule has 38 heavy (non-hydrogen) atoms. The Bertz CT molecular complexity index is 1130. The number of benzene rings is 2. The van der Waals surface area contributed by atoms with Crippen molar-refractivity contribution < 1.29 is 13.9 Å². The molecule has 0 amide bonds. The van der Waals surface area contributed by atoms with Crippen LogP contribution in [0.25, 0.3) is 5.57 Å². The van der Waals surface area contributed by atoms with Crippen LogP contribution in [0.2, 0.25) is 0 Å². The van der Waals surface area contributed by atoms with E-state index in [1.54, 1.807) is 0 Å². The van der Waals surface area contributed by atoms with Crippen molar-refractivity contribution in [2.45, 2.75) is 64.0 Å². The maximum Gasteiger partial charge on any atom is 0.337 e. The first-order valence-corrected chi connectivity index (χ1v) is 14.5. The second-order valence-corrected chi connectivity index (χ2v) is 11.9. The van der Waals surface area contributed by atoms with Crippen molar-refractivity contribution >= 4 is 11.5 Å². The number of hydrogen-bond donors (Lipinski definition) is 1. The van der Waals surface area contributed by atoms with Crippen LogP contribution < -0.4 is 5.32 Å². The molecule has 0 spiro atoms. The SMILES string of the molecule is COC(=O)c1ccc(CC2=C(C)CC(CC3CCN(CC4(F)CCNCC4)CC3)Cc3ccccc32)cc1. The minimum absolute atomic E-state index is 0.295. The van der Waals surface area contributed by atoms with E-state index in [-0.39, 0.29) is 5.97 Å². The molecule has 1 N–H and O–H groups in total. The highest BCUT2D eigenvalue weighted by Gasteiger charge is 2.35. The van der Waals surface area contributed by atoms with Crippen molar-refractivity contribution in [1.29, 1.82) is 0 Å². The number of carbonyl (C=O) groups is 1. The first kappa shape index (κ1) is 27.1. The molecule has 1 atom stereocenters. The smallest absolute Gasteiger partial charge is 0.337 e. The van der Waals surface area contributed by atoms with E-state index in [2.05, 4.69) is 53.5 Å². The van der Waals surface area contributed by atoms with Crippen LogP contribution in [0.5, 0.6) is 0 Å². The van der Waals surface area contributed by atoms with Crippen molar-refractivity contribution in [3.8, 4) is 0 Å². The minimum Gasteiger partial charge on any atom is -0.465 e. The highest BCUT2D eigenvalue weighted by Crippen LogP contribution is 2.38. The van der Waals surface area contributed by atoms with Crippen LogP contribution in [0.3, 0.4) is 0 Å². The molecule has 204 valence electrons. The second kappa shape index (κ2) is 12.1. The van der Waals surface area contributed by atoms with E-state index in [4.69, 9.17) is 4.74 Å². The quantitative estimate of drug-likeness (QED) is 0.440. The molecule has 2 heterocycles. The van der Waals surface area contributed by atoms with Gasteiger partial charge < -0.3 is 15.0 Å². The van der Waals surface area contributed by atoms with Crippen LogP contribution in [0, 0.1) is 11.8 Å². The monoisotopic (exact) mass is 518 g/mol. The third-order valence-electron chi connectivity index (χ3n) is 9.10. The van der Waals surface area contributed by atoms with Gasteiger partial charge >= 0.3 is 5.97 Å². The molecule has 3 aliphatic rings. The fraction of sp³-hybridized carbons (Fsp3) is 0.545. The summed E-state index contributed by atoms with van der Waals surface area (Å²) in [5.74, 6) is 1.08. The lowest BCUT2D eigenvalue weighted by molar-refractivity contribution is 0.0437. The third-order valence-corrected chi connectivity index (χ3v) is 9.10. The van der Waals surface area contributed by atoms with Crippen molar-refractivity contribution in [1.82, 2.24) is 10.2 Å². The Hall–Kier alpha value is -2.50. The number of fused-ring (bicyclic) bond motifs is 1. The van der Waals surface area contributed by atoms with Gasteiger partial charge in [0.05, 0.1) is 12.7 Å². The standard InChI is InChI=1S/C33H43FN2O2/c1-24-19-27(20-26-11-17-36(18-12-26)23-33(34)13-15-35-16-14-33)21-29-5-3-4-6-30(29)31(24)22-25-7-9-28(10-8-25)32(37)38-2/h3-10,26-27,35H,11-23H2,1-2H3. The molecule has 0 bridgehead atoms. The van der Waals surface area contributed by atoms with Crippen LogP contribution in [0.15, 0.2) is 54.1 Å². The van der Waals surface area contributed by atoms with Gasteiger partial charge in [-0.05, 0) is 131 Å². The Kier molecular flexibility index (Phi) is 8.64. The highest BCUT2D eigenvalue weighted by atomic mass is 19.1. The lowest BCUT2D eigenvalue weighted by atomic mass is 9.82. The Balaban J connectivity index is 1.23. The number of likely N-dealkylation sites (tertiary alicyclic amines) is 1. The van der Waals surface area contributed by atoms with Gasteiger partial charge in [0.25, 0.3) is 0 Å². The van der Waals surface area contributed by atoms with E-state index < -0.39 is 5.67 Å². The summed E-state index contributed by atoms with van der Waals surface area (Å²) in [5.41, 5.74) is 6.56. The predicted molar refractivity (Wildman–Crippen MR) is 152 cm³/mol. The third kappa shape index (κ3) is 6.55. The number of allylic oxidation sites excluding steroid dienone is 2. The largest absolute Gasteiger partial charge is 0.465 e. The van der Waals surface area contributed by atoms with Crippen molar-refractivity contribution in [2.75, 3.05) is 39.8 Å². The van der Waals surface area contributed by atoms with Crippen LogP contribution in [-0.2, 0) is 17.6 Å². The molecule has 2 fully saturated rings. The molecule has 5 rings (SSSR count). The zero-order chi connectivity index (χ0) is 26.5. The van der Waals surface area contributed by atoms with Crippen molar-refractivity contribution in [2.24, 2.45) is 11.8 Å². The van der Waals surface area contributed by atoms with Gasteiger partial charge in [0.2, 0.25) is 0 Å². The highest BCUT2D eigenvalue weighted by molar-refractivity contribution is 5.89. The summed E-state index contributed by atoms with van der Waals surface area (Å²) in [6.45, 7) is 6.62. The number of halogens is 1. The Morgan fingerprint density at radius 2 is 1.74 bits per heavy atom. The number of esters is 1. The molecule has 0 saturated carbocycles. The number of rotatable bonds is 7. The van der Waals surface area contributed by atoms with E-state index in [1.807, 2.05) is 12.1 Å². The van der Waals surface area contributed by atoms with E-state index in [1.165, 1.54) is 54.2 Å². The summed E-state index contributed by atoms with van der Waals surface area (Å²) < 4.78 is 20.1. The van der Waals surface area contributed by atoms with E-state index >= 15 is 4.39 Å². The van der Waals surface area contributed by atoms with E-state index in [0.29, 0.717) is 30.9 Å². The summed E-state index contributed by atoms with van der Waals surface area (Å²) in [6.07, 6.45) is 8.06. The Morgan fingerprint density at radius 1 is 1.03 bits per heavy atom. The van der Waals surface area contributed by atoms with Crippen LogP contribution in [-0.4, -0.2) is 56.4 Å². The molecule has 2 aromatic rings. The fourth-order valence-corrected chi connectivity index (χ4v) is 6.94. The van der Waals surface area contributed by atoms with Crippen molar-refractivity contribution in [3.05, 3.63) is 76.4 Å². The topological polar surface area (TPSA) is 41.6 Å². The van der Waals surface area contributed by atoms with E-state index in [9.17, 15) is 4.79 Å². The average Bonchev–Trinajstić information content (AvgIpc) is 3.05. The van der Waals surface area contributed by atoms with Gasteiger partial charge in [-0.2, -0.15) is 0 Å². The van der Waals surface area contributed by atoms with Gasteiger partial charge in [-0.3, -0.25) is 0 Å². The van der Waals surface area contributed by atoms with Gasteiger partial charge in [-0.1, -0.05) is 42.0 Å². The molecule has 0 aromatic heterocycles. The van der Waals surface area contributed by atoms with Crippen LogP contribution >= 0.6 is 0 Å². The summed E-state index contributed by atoms with van der Waals surface area (Å²) in [4.78, 5) is 14.2. The second-order valence-electron chi connectivity index (χ2n) is 11.9. The Morgan fingerprint density at radius 3 is 2.45 bits per heavy atom. The molecule has 2 aliphatic heterocycles. The molecular weight excluding hydrogens is 475 g/mol. The molecular formula is C33H43FN2O2. The van der Waals surface area contributed by atoms with Gasteiger partial charge in [0, 0.05) is 6.54 Å². The molecule has 5 heteroatoms. The summed E-state index contributed by atoms with van der Waals surface area (Å²) >= 11 is 0. The molecule has 1 unspecified atom stereocenters. The number of piperidine rings is 2. The number of hydrogen-bond acceptors (Lipinski definition) is 4. The van der Waals surface area contributed by atoms with Crippen LogP contribution in [0.1, 0.15) is 72.5 Å². The first-order valence-electron chi connectivity index (χ1n) is 14.5. The summed E-state index contributed by atoms with van der Waals surface area (Å²) in [7, 11) is 1.42. The molecule has 2 saturated heterocycles. The van der Waals surface area contributed by atoms with E-state index in [0.717, 1.165) is 51.4 Å². The van der Waals surface area contributed by atoms with Gasteiger partial charge in [0.1, 0.15) is 5.67 Å². The maximum absolute atomic E-state index is 15.2. The average molecular weight is 519 g/mol. The number of alkyl halides is 1. The van der Waals surface area contributed by atoms with Gasteiger partial charge in [0.15, 0.2) is 0 Å².